The standard InChI is InChI=1S/C29H32ClN7O2/c1-19-5-9-31-20(13-19)15-37-25(35-24-26(37)32-18-33-27(24)39-28(2)6-7-28)22-4-3-21(14-23(22)30)38-12-11-36-16-29(17-36)8-10-34-29/h3-5,9,13-14,18,34H,6-8,10-12,15-17H2,1-2H3. The van der Waals surface area contributed by atoms with E-state index in [2.05, 4.69) is 45.1 Å². The van der Waals surface area contributed by atoms with Crippen molar-refractivity contribution in [2.24, 2.45) is 0 Å². The summed E-state index contributed by atoms with van der Waals surface area (Å²) in [5, 5.41) is 4.11. The van der Waals surface area contributed by atoms with Gasteiger partial charge in [0.05, 0.1) is 17.3 Å². The summed E-state index contributed by atoms with van der Waals surface area (Å²) in [4.78, 5) is 21.0. The predicted octanol–water partition coefficient (Wildman–Crippen LogP) is 4.26. The van der Waals surface area contributed by atoms with Crippen LogP contribution in [0, 0.1) is 6.92 Å². The van der Waals surface area contributed by atoms with Crippen LogP contribution in [0.15, 0.2) is 42.9 Å². The molecule has 2 saturated heterocycles. The summed E-state index contributed by atoms with van der Waals surface area (Å²) in [5.41, 5.74) is 4.35. The van der Waals surface area contributed by atoms with E-state index in [9.17, 15) is 0 Å². The molecule has 1 N–H and O–H groups in total. The monoisotopic (exact) mass is 545 g/mol. The number of imidazole rings is 1. The minimum absolute atomic E-state index is 0.189. The van der Waals surface area contributed by atoms with Crippen LogP contribution in [0.5, 0.6) is 11.6 Å². The molecular weight excluding hydrogens is 514 g/mol. The van der Waals surface area contributed by atoms with Crippen LogP contribution in [-0.4, -0.2) is 73.3 Å². The van der Waals surface area contributed by atoms with E-state index in [0.717, 1.165) is 61.6 Å². The Labute approximate surface area is 232 Å². The number of nitrogens with one attached hydrogen (secondary N) is 1. The van der Waals surface area contributed by atoms with E-state index in [1.54, 1.807) is 0 Å². The van der Waals surface area contributed by atoms with Crippen LogP contribution in [0.3, 0.4) is 0 Å². The molecule has 3 fully saturated rings. The molecule has 2 aliphatic heterocycles. The third kappa shape index (κ3) is 4.83. The van der Waals surface area contributed by atoms with Gasteiger partial charge < -0.3 is 19.4 Å². The highest BCUT2D eigenvalue weighted by atomic mass is 35.5. The number of rotatable bonds is 9. The first kappa shape index (κ1) is 24.7. The lowest BCUT2D eigenvalue weighted by Crippen LogP contribution is -2.75. The molecule has 1 aliphatic carbocycles. The largest absolute Gasteiger partial charge is 0.492 e. The minimum atomic E-state index is -0.189. The highest BCUT2D eigenvalue weighted by Gasteiger charge is 2.46. The fourth-order valence-electron chi connectivity index (χ4n) is 5.48. The highest BCUT2D eigenvalue weighted by Crippen LogP contribution is 2.41. The van der Waals surface area contributed by atoms with Crippen molar-refractivity contribution in [2.45, 2.75) is 50.8 Å². The van der Waals surface area contributed by atoms with Gasteiger partial charge in [-0.3, -0.25) is 9.88 Å². The number of hydrogen-bond donors (Lipinski definition) is 1. The van der Waals surface area contributed by atoms with Gasteiger partial charge in [-0.1, -0.05) is 11.6 Å². The number of aromatic nitrogens is 5. The lowest BCUT2D eigenvalue weighted by molar-refractivity contribution is -0.0116. The average Bonchev–Trinajstić information content (AvgIpc) is 3.48. The molecule has 0 bridgehead atoms. The van der Waals surface area contributed by atoms with Crippen LogP contribution in [0.25, 0.3) is 22.6 Å². The molecule has 9 nitrogen and oxygen atoms in total. The van der Waals surface area contributed by atoms with Crippen LogP contribution in [-0.2, 0) is 6.54 Å². The molecule has 4 aromatic rings. The second-order valence-electron chi connectivity index (χ2n) is 11.4. The van der Waals surface area contributed by atoms with Crippen molar-refractivity contribution in [3.05, 3.63) is 59.1 Å². The average molecular weight is 546 g/mol. The molecular formula is C29H32ClN7O2. The van der Waals surface area contributed by atoms with E-state index in [4.69, 9.17) is 26.1 Å². The molecule has 3 aromatic heterocycles. The predicted molar refractivity (Wildman–Crippen MR) is 149 cm³/mol. The smallest absolute Gasteiger partial charge is 0.245 e. The van der Waals surface area contributed by atoms with Crippen LogP contribution in [0.1, 0.15) is 37.4 Å². The van der Waals surface area contributed by atoms with Gasteiger partial charge >= 0.3 is 0 Å². The van der Waals surface area contributed by atoms with Crippen LogP contribution in [0.4, 0.5) is 0 Å². The maximum Gasteiger partial charge on any atom is 0.245 e. The highest BCUT2D eigenvalue weighted by molar-refractivity contribution is 6.33. The lowest BCUT2D eigenvalue weighted by atomic mass is 9.80. The molecule has 3 aliphatic rings. The van der Waals surface area contributed by atoms with E-state index in [1.807, 2.05) is 35.0 Å². The van der Waals surface area contributed by atoms with Gasteiger partial charge in [-0.2, -0.15) is 4.98 Å². The number of ether oxygens (including phenoxy) is 2. The Balaban J connectivity index is 1.17. The Morgan fingerprint density at radius 2 is 1.92 bits per heavy atom. The van der Waals surface area contributed by atoms with E-state index in [1.165, 1.54) is 12.7 Å². The molecule has 0 amide bonds. The van der Waals surface area contributed by atoms with Gasteiger partial charge in [0.1, 0.15) is 30.1 Å². The van der Waals surface area contributed by atoms with E-state index < -0.39 is 0 Å². The van der Waals surface area contributed by atoms with E-state index >= 15 is 0 Å². The van der Waals surface area contributed by atoms with Gasteiger partial charge in [0.2, 0.25) is 5.88 Å². The maximum atomic E-state index is 6.86. The zero-order valence-electron chi connectivity index (χ0n) is 22.3. The molecule has 0 atom stereocenters. The number of hydrogen-bond acceptors (Lipinski definition) is 8. The van der Waals surface area contributed by atoms with Crippen molar-refractivity contribution in [1.29, 1.82) is 0 Å². The number of nitrogens with zero attached hydrogens (tertiary/aromatic N) is 6. The zero-order valence-corrected chi connectivity index (χ0v) is 23.0. The molecule has 1 spiro atoms. The van der Waals surface area contributed by atoms with E-state index in [-0.39, 0.29) is 5.60 Å². The number of aryl methyl sites for hydroxylation is 1. The summed E-state index contributed by atoms with van der Waals surface area (Å²) in [7, 11) is 0. The first-order chi connectivity index (χ1) is 18.9. The Morgan fingerprint density at radius 1 is 1.08 bits per heavy atom. The molecule has 7 rings (SSSR count). The second-order valence-corrected chi connectivity index (χ2v) is 11.8. The van der Waals surface area contributed by atoms with E-state index in [0.29, 0.717) is 46.6 Å². The van der Waals surface area contributed by atoms with Gasteiger partial charge in [-0.25, -0.2) is 9.97 Å². The molecule has 0 unspecified atom stereocenters. The molecule has 1 saturated carbocycles. The van der Waals surface area contributed by atoms with Gasteiger partial charge in [0, 0.05) is 36.9 Å². The van der Waals surface area contributed by atoms with Gasteiger partial charge in [0.15, 0.2) is 11.2 Å². The molecule has 1 aromatic carbocycles. The number of pyridine rings is 1. The summed E-state index contributed by atoms with van der Waals surface area (Å²) in [6.07, 6.45) is 6.64. The minimum Gasteiger partial charge on any atom is -0.492 e. The first-order valence-corrected chi connectivity index (χ1v) is 14.0. The zero-order chi connectivity index (χ0) is 26.6. The van der Waals surface area contributed by atoms with Crippen LogP contribution in [0.2, 0.25) is 5.02 Å². The van der Waals surface area contributed by atoms with Crippen molar-refractivity contribution >= 4 is 22.8 Å². The number of halogens is 1. The fraction of sp³-hybridized carbons (Fsp3) is 0.448. The summed E-state index contributed by atoms with van der Waals surface area (Å²) in [6, 6.07) is 9.84. The van der Waals surface area contributed by atoms with Crippen molar-refractivity contribution in [2.75, 3.05) is 32.8 Å². The number of likely N-dealkylation sites (tertiary alicyclic amines) is 1. The Hall–Kier alpha value is -3.27. The van der Waals surface area contributed by atoms with Crippen LogP contribution >= 0.6 is 11.6 Å². The Bertz CT molecular complexity index is 1540. The second kappa shape index (κ2) is 9.43. The van der Waals surface area contributed by atoms with Gasteiger partial charge in [0.25, 0.3) is 0 Å². The van der Waals surface area contributed by atoms with Crippen molar-refractivity contribution in [3.63, 3.8) is 0 Å². The topological polar surface area (TPSA) is 90.2 Å². The first-order valence-electron chi connectivity index (χ1n) is 13.6. The third-order valence-corrected chi connectivity index (χ3v) is 8.41. The fourth-order valence-corrected chi connectivity index (χ4v) is 5.74. The third-order valence-electron chi connectivity index (χ3n) is 8.10. The summed E-state index contributed by atoms with van der Waals surface area (Å²) in [5.74, 6) is 1.93. The quantitative estimate of drug-likeness (QED) is 0.334. The number of fused-ring (bicyclic) bond motifs is 1. The van der Waals surface area contributed by atoms with Crippen molar-refractivity contribution < 1.29 is 9.47 Å². The molecule has 39 heavy (non-hydrogen) atoms. The normalized spacial score (nSPS) is 19.1. The SMILES string of the molecule is Cc1ccnc(Cn2c(-c3ccc(OCCN4CC5(CCN5)C4)cc3Cl)nc3c(OC4(C)CC4)ncnc32)c1. The molecule has 5 heterocycles. The number of benzene rings is 1. The van der Waals surface area contributed by atoms with Crippen LogP contribution < -0.4 is 14.8 Å². The summed E-state index contributed by atoms with van der Waals surface area (Å²) in [6.45, 7) is 9.52. The maximum absolute atomic E-state index is 6.86. The molecule has 202 valence electrons. The lowest BCUT2D eigenvalue weighted by Gasteiger charge is -2.56. The van der Waals surface area contributed by atoms with Gasteiger partial charge in [-0.05, 0) is 75.5 Å². The van der Waals surface area contributed by atoms with Crippen molar-refractivity contribution in [1.82, 2.24) is 34.7 Å². The molecule has 0 radical (unpaired) electrons. The molecule has 10 heteroatoms. The summed E-state index contributed by atoms with van der Waals surface area (Å²) < 4.78 is 14.3. The van der Waals surface area contributed by atoms with Crippen molar-refractivity contribution in [3.8, 4) is 23.0 Å². The Kier molecular flexibility index (Phi) is 5.98. The Morgan fingerprint density at radius 3 is 2.64 bits per heavy atom. The van der Waals surface area contributed by atoms with Gasteiger partial charge in [-0.15, -0.1) is 0 Å². The summed E-state index contributed by atoms with van der Waals surface area (Å²) >= 11 is 6.86.